The lowest BCUT2D eigenvalue weighted by Gasteiger charge is -2.05. The van der Waals surface area contributed by atoms with Crippen LogP contribution in [0.1, 0.15) is 11.1 Å². The Morgan fingerprint density at radius 2 is 1.88 bits per heavy atom. The van der Waals surface area contributed by atoms with Crippen molar-refractivity contribution in [1.29, 1.82) is 0 Å². The number of hydrogen-bond acceptors (Lipinski definition) is 3. The van der Waals surface area contributed by atoms with Crippen molar-refractivity contribution in [3.8, 4) is 0 Å². The molecule has 0 spiro atoms. The number of rotatable bonds is 5. The topological polar surface area (TPSA) is 101 Å². The van der Waals surface area contributed by atoms with Crippen molar-refractivity contribution < 1.29 is 17.6 Å². The van der Waals surface area contributed by atoms with Crippen LogP contribution < -0.4 is 15.8 Å². The molecule has 8 heteroatoms. The van der Waals surface area contributed by atoms with Gasteiger partial charge in [-0.3, -0.25) is 0 Å². The molecule has 0 atom stereocenters. The number of hydrogen-bond donors (Lipinski definition) is 3. The molecular weight excluding hydrogens is 333 g/mol. The number of nitrogens with one attached hydrogen (secondary N) is 2. The van der Waals surface area contributed by atoms with Crippen molar-refractivity contribution in [2.75, 3.05) is 0 Å². The highest BCUT2D eigenvalue weighted by Gasteiger charge is 2.06. The van der Waals surface area contributed by atoms with E-state index >= 15 is 0 Å². The summed E-state index contributed by atoms with van der Waals surface area (Å²) in [5.41, 5.74) is 1.33. The van der Waals surface area contributed by atoms with Gasteiger partial charge in [0.2, 0.25) is 10.0 Å². The standard InChI is InChI=1S/C16H16FN3O3S/c17-14-3-1-2-12(10-14)8-9-19-16(21)20-11-13-4-6-15(7-5-13)24(18,22)23/h1-10H,11H2,(H2,18,22,23)(H2,19,20,21)/b9-8+. The predicted octanol–water partition coefficient (Wildman–Crippen LogP) is 1.94. The summed E-state index contributed by atoms with van der Waals surface area (Å²) in [5.74, 6) is -0.357. The molecule has 126 valence electrons. The highest BCUT2D eigenvalue weighted by molar-refractivity contribution is 7.89. The summed E-state index contributed by atoms with van der Waals surface area (Å²) in [6.45, 7) is 0.213. The number of carbonyl (C=O) groups excluding carboxylic acids is 1. The minimum absolute atomic E-state index is 0.00808. The van der Waals surface area contributed by atoms with Gasteiger partial charge in [0.1, 0.15) is 5.82 Å². The third-order valence-electron chi connectivity index (χ3n) is 3.04. The first kappa shape index (κ1) is 17.6. The third kappa shape index (κ3) is 5.49. The lowest BCUT2D eigenvalue weighted by Crippen LogP contribution is -2.31. The Hall–Kier alpha value is -2.71. The minimum atomic E-state index is -3.73. The van der Waals surface area contributed by atoms with E-state index in [0.29, 0.717) is 11.1 Å². The van der Waals surface area contributed by atoms with Crippen LogP contribution in [0.3, 0.4) is 0 Å². The number of carbonyl (C=O) groups is 1. The van der Waals surface area contributed by atoms with Gasteiger partial charge in [-0.1, -0.05) is 24.3 Å². The van der Waals surface area contributed by atoms with E-state index < -0.39 is 16.1 Å². The largest absolute Gasteiger partial charge is 0.334 e. The molecule has 0 heterocycles. The molecule has 0 unspecified atom stereocenters. The Balaban J connectivity index is 1.83. The lowest BCUT2D eigenvalue weighted by molar-refractivity contribution is 0.244. The van der Waals surface area contributed by atoms with Gasteiger partial charge in [-0.05, 0) is 41.5 Å². The molecule has 0 aliphatic heterocycles. The number of urea groups is 1. The van der Waals surface area contributed by atoms with Crippen LogP contribution in [-0.2, 0) is 16.6 Å². The van der Waals surface area contributed by atoms with Crippen LogP contribution in [0, 0.1) is 5.82 Å². The molecule has 0 fully saturated rings. The minimum Gasteiger partial charge on any atom is -0.334 e. The van der Waals surface area contributed by atoms with Crippen molar-refractivity contribution in [3.63, 3.8) is 0 Å². The van der Waals surface area contributed by atoms with Gasteiger partial charge in [0.25, 0.3) is 0 Å². The summed E-state index contributed by atoms with van der Waals surface area (Å²) in [6.07, 6.45) is 2.96. The molecular formula is C16H16FN3O3S. The fraction of sp³-hybridized carbons (Fsp3) is 0.0625. The summed E-state index contributed by atoms with van der Waals surface area (Å²) in [6, 6.07) is 11.3. The Morgan fingerprint density at radius 1 is 1.17 bits per heavy atom. The van der Waals surface area contributed by atoms with E-state index in [1.54, 1.807) is 30.3 Å². The molecule has 0 aliphatic carbocycles. The fourth-order valence-electron chi connectivity index (χ4n) is 1.85. The Bertz CT molecular complexity index is 849. The maximum Gasteiger partial charge on any atom is 0.319 e. The quantitative estimate of drug-likeness (QED) is 0.769. The summed E-state index contributed by atoms with van der Waals surface area (Å²) in [5, 5.41) is 10.1. The number of benzene rings is 2. The monoisotopic (exact) mass is 349 g/mol. The van der Waals surface area contributed by atoms with Gasteiger partial charge in [0.15, 0.2) is 0 Å². The Morgan fingerprint density at radius 3 is 2.50 bits per heavy atom. The van der Waals surface area contributed by atoms with E-state index in [4.69, 9.17) is 5.14 Å². The SMILES string of the molecule is NS(=O)(=O)c1ccc(CNC(=O)N/C=C/c2cccc(F)c2)cc1. The second-order valence-corrected chi connectivity index (χ2v) is 6.47. The normalized spacial score (nSPS) is 11.4. The van der Waals surface area contributed by atoms with Gasteiger partial charge in [0, 0.05) is 12.7 Å². The molecule has 0 radical (unpaired) electrons. The third-order valence-corrected chi connectivity index (χ3v) is 3.97. The van der Waals surface area contributed by atoms with Crippen molar-refractivity contribution in [2.45, 2.75) is 11.4 Å². The number of halogens is 1. The smallest absolute Gasteiger partial charge is 0.319 e. The lowest BCUT2D eigenvalue weighted by atomic mass is 10.2. The first-order chi connectivity index (χ1) is 11.3. The molecule has 0 saturated carbocycles. The highest BCUT2D eigenvalue weighted by Crippen LogP contribution is 2.08. The fourth-order valence-corrected chi connectivity index (χ4v) is 2.37. The van der Waals surface area contributed by atoms with Crippen molar-refractivity contribution in [2.24, 2.45) is 5.14 Å². The number of sulfonamides is 1. The van der Waals surface area contributed by atoms with E-state index in [0.717, 1.165) is 0 Å². The first-order valence-electron chi connectivity index (χ1n) is 6.93. The van der Waals surface area contributed by atoms with Crippen molar-refractivity contribution in [1.82, 2.24) is 10.6 Å². The molecule has 24 heavy (non-hydrogen) atoms. The second kappa shape index (κ2) is 7.71. The zero-order chi connectivity index (χ0) is 17.6. The van der Waals surface area contributed by atoms with E-state index in [2.05, 4.69) is 10.6 Å². The number of nitrogens with two attached hydrogens (primary N) is 1. The van der Waals surface area contributed by atoms with Crippen molar-refractivity contribution >= 4 is 22.1 Å². The summed E-state index contributed by atoms with van der Waals surface area (Å²) < 4.78 is 35.3. The van der Waals surface area contributed by atoms with Gasteiger partial charge in [-0.2, -0.15) is 0 Å². The molecule has 2 aromatic carbocycles. The van der Waals surface area contributed by atoms with Gasteiger partial charge in [0.05, 0.1) is 4.90 Å². The number of primary sulfonamides is 1. The maximum absolute atomic E-state index is 13.0. The zero-order valence-electron chi connectivity index (χ0n) is 12.6. The molecule has 2 aromatic rings. The molecule has 6 nitrogen and oxygen atoms in total. The van der Waals surface area contributed by atoms with Crippen LogP contribution in [0.2, 0.25) is 0 Å². The Labute approximate surface area is 139 Å². The van der Waals surface area contributed by atoms with Gasteiger partial charge in [-0.15, -0.1) is 0 Å². The molecule has 0 saturated heterocycles. The predicted molar refractivity (Wildman–Crippen MR) is 88.6 cm³/mol. The van der Waals surface area contributed by atoms with Crippen LogP contribution in [-0.4, -0.2) is 14.4 Å². The summed E-state index contributed by atoms with van der Waals surface area (Å²) in [4.78, 5) is 11.6. The molecule has 0 aliphatic rings. The second-order valence-electron chi connectivity index (χ2n) is 4.90. The van der Waals surface area contributed by atoms with Gasteiger partial charge in [-0.25, -0.2) is 22.7 Å². The molecule has 4 N–H and O–H groups in total. The summed E-state index contributed by atoms with van der Waals surface area (Å²) >= 11 is 0. The Kier molecular flexibility index (Phi) is 5.67. The van der Waals surface area contributed by atoms with Crippen LogP contribution in [0.25, 0.3) is 6.08 Å². The molecule has 0 bridgehead atoms. The van der Waals surface area contributed by atoms with Gasteiger partial charge < -0.3 is 10.6 Å². The van der Waals surface area contributed by atoms with E-state index in [-0.39, 0.29) is 17.3 Å². The van der Waals surface area contributed by atoms with Gasteiger partial charge >= 0.3 is 6.03 Å². The van der Waals surface area contributed by atoms with E-state index in [9.17, 15) is 17.6 Å². The van der Waals surface area contributed by atoms with E-state index in [1.807, 2.05) is 0 Å². The van der Waals surface area contributed by atoms with E-state index in [1.165, 1.54) is 30.5 Å². The van der Waals surface area contributed by atoms with Crippen LogP contribution in [0.4, 0.5) is 9.18 Å². The number of amides is 2. The van der Waals surface area contributed by atoms with Crippen molar-refractivity contribution in [3.05, 3.63) is 71.7 Å². The average molecular weight is 349 g/mol. The molecule has 2 rings (SSSR count). The summed E-state index contributed by atoms with van der Waals surface area (Å²) in [7, 11) is -3.73. The highest BCUT2D eigenvalue weighted by atomic mass is 32.2. The average Bonchev–Trinajstić information content (AvgIpc) is 2.52. The maximum atomic E-state index is 13.0. The van der Waals surface area contributed by atoms with Crippen LogP contribution in [0.15, 0.2) is 59.6 Å². The zero-order valence-corrected chi connectivity index (χ0v) is 13.4. The molecule has 0 aromatic heterocycles. The van der Waals surface area contributed by atoms with Crippen LogP contribution in [0.5, 0.6) is 0 Å². The van der Waals surface area contributed by atoms with Crippen LogP contribution >= 0.6 is 0 Å². The first-order valence-corrected chi connectivity index (χ1v) is 8.47. The molecule has 2 amide bonds.